The molecule has 0 saturated heterocycles. The molecule has 100 valence electrons. The van der Waals surface area contributed by atoms with E-state index in [9.17, 15) is 18.5 Å². The van der Waals surface area contributed by atoms with Gasteiger partial charge in [0.1, 0.15) is 6.10 Å². The van der Waals surface area contributed by atoms with E-state index in [0.29, 0.717) is 0 Å². The van der Waals surface area contributed by atoms with E-state index < -0.39 is 21.2 Å². The van der Waals surface area contributed by atoms with Gasteiger partial charge < -0.3 is 4.84 Å². The second kappa shape index (κ2) is 5.78. The Hall–Kier alpha value is -1.67. The zero-order chi connectivity index (χ0) is 13.8. The van der Waals surface area contributed by atoms with Crippen LogP contribution in [0.15, 0.2) is 29.2 Å². The van der Waals surface area contributed by atoms with Gasteiger partial charge in [-0.15, -0.1) is 10.1 Å². The summed E-state index contributed by atoms with van der Waals surface area (Å²) >= 11 is 0. The Morgan fingerprint density at radius 1 is 1.39 bits per heavy atom. The van der Waals surface area contributed by atoms with E-state index in [1.807, 2.05) is 6.92 Å². The summed E-state index contributed by atoms with van der Waals surface area (Å²) in [4.78, 5) is 14.4. The number of aryl methyl sites for hydroxylation is 1. The minimum atomic E-state index is -3.66. The van der Waals surface area contributed by atoms with Crippen molar-refractivity contribution in [1.29, 1.82) is 0 Å². The van der Waals surface area contributed by atoms with Crippen LogP contribution in [0.4, 0.5) is 0 Å². The average Bonchev–Trinajstić information content (AvgIpc) is 2.26. The normalized spacial score (nSPS) is 13.0. The Morgan fingerprint density at radius 3 is 2.44 bits per heavy atom. The van der Waals surface area contributed by atoms with Gasteiger partial charge in [-0.25, -0.2) is 13.1 Å². The molecule has 0 heterocycles. The third-order valence-corrected chi connectivity index (χ3v) is 3.60. The third-order valence-electron chi connectivity index (χ3n) is 2.16. The first-order chi connectivity index (χ1) is 8.31. The fourth-order valence-corrected chi connectivity index (χ4v) is 2.33. The van der Waals surface area contributed by atoms with Crippen molar-refractivity contribution in [2.45, 2.75) is 24.8 Å². The molecule has 1 atom stereocenters. The molecule has 0 fully saturated rings. The Morgan fingerprint density at radius 2 is 1.94 bits per heavy atom. The number of rotatable bonds is 6. The van der Waals surface area contributed by atoms with Gasteiger partial charge in [-0.05, 0) is 26.0 Å². The lowest BCUT2D eigenvalue weighted by atomic mass is 10.2. The van der Waals surface area contributed by atoms with Crippen molar-refractivity contribution in [3.05, 3.63) is 39.9 Å². The fourth-order valence-electron chi connectivity index (χ4n) is 1.21. The highest BCUT2D eigenvalue weighted by Gasteiger charge is 2.16. The van der Waals surface area contributed by atoms with Crippen molar-refractivity contribution >= 4 is 10.0 Å². The summed E-state index contributed by atoms with van der Waals surface area (Å²) in [5.74, 6) is 0. The topological polar surface area (TPSA) is 98.5 Å². The van der Waals surface area contributed by atoms with Crippen LogP contribution in [-0.2, 0) is 14.9 Å². The minimum absolute atomic E-state index is 0.112. The molecule has 18 heavy (non-hydrogen) atoms. The summed E-state index contributed by atoms with van der Waals surface area (Å²) in [5, 5.41) is 9.09. The lowest BCUT2D eigenvalue weighted by Gasteiger charge is -2.11. The Balaban J connectivity index is 2.65. The first kappa shape index (κ1) is 14.4. The molecule has 0 bridgehead atoms. The van der Waals surface area contributed by atoms with Crippen LogP contribution < -0.4 is 4.72 Å². The molecule has 1 aromatic carbocycles. The maximum Gasteiger partial charge on any atom is 0.294 e. The molecule has 0 aliphatic rings. The Labute approximate surface area is 105 Å². The molecule has 0 saturated carbocycles. The molecule has 0 radical (unpaired) electrons. The van der Waals surface area contributed by atoms with Gasteiger partial charge in [-0.2, -0.15) is 0 Å². The van der Waals surface area contributed by atoms with Gasteiger partial charge in [-0.3, -0.25) is 0 Å². The number of sulfonamides is 1. The van der Waals surface area contributed by atoms with Crippen molar-refractivity contribution in [2.24, 2.45) is 0 Å². The highest BCUT2D eigenvalue weighted by atomic mass is 32.2. The number of nitrogens with zero attached hydrogens (tertiary/aromatic N) is 1. The Bertz CT molecular complexity index is 512. The van der Waals surface area contributed by atoms with E-state index in [0.717, 1.165) is 5.56 Å². The molecule has 1 rings (SSSR count). The molecule has 0 aromatic heterocycles. The van der Waals surface area contributed by atoms with E-state index in [-0.39, 0.29) is 11.4 Å². The summed E-state index contributed by atoms with van der Waals surface area (Å²) in [6.07, 6.45) is -0.847. The first-order valence-electron chi connectivity index (χ1n) is 5.19. The van der Waals surface area contributed by atoms with Gasteiger partial charge in [0.2, 0.25) is 10.0 Å². The highest BCUT2D eigenvalue weighted by molar-refractivity contribution is 7.89. The van der Waals surface area contributed by atoms with E-state index in [1.165, 1.54) is 19.1 Å². The molecular formula is C10H14N2O5S. The second-order valence-corrected chi connectivity index (χ2v) is 5.57. The van der Waals surface area contributed by atoms with Crippen molar-refractivity contribution < 1.29 is 18.3 Å². The zero-order valence-electron chi connectivity index (χ0n) is 9.99. The van der Waals surface area contributed by atoms with Crippen LogP contribution >= 0.6 is 0 Å². The van der Waals surface area contributed by atoms with Crippen molar-refractivity contribution in [3.63, 3.8) is 0 Å². The maximum atomic E-state index is 11.8. The van der Waals surface area contributed by atoms with Gasteiger partial charge in [0.05, 0.1) is 4.90 Å². The predicted molar refractivity (Wildman–Crippen MR) is 63.9 cm³/mol. The van der Waals surface area contributed by atoms with Crippen LogP contribution in [-0.4, -0.2) is 26.2 Å². The van der Waals surface area contributed by atoms with E-state index in [2.05, 4.69) is 9.56 Å². The SMILES string of the molecule is Cc1ccc(S(=O)(=O)NCC(C)O[N+](=O)[O-])cc1. The molecule has 1 aromatic rings. The summed E-state index contributed by atoms with van der Waals surface area (Å²) in [7, 11) is -3.66. The van der Waals surface area contributed by atoms with E-state index >= 15 is 0 Å². The number of hydrogen-bond acceptors (Lipinski definition) is 5. The molecule has 1 N–H and O–H groups in total. The quantitative estimate of drug-likeness (QED) is 0.613. The molecule has 0 aliphatic heterocycles. The van der Waals surface area contributed by atoms with Gasteiger partial charge in [0.25, 0.3) is 5.09 Å². The molecule has 0 aliphatic carbocycles. The zero-order valence-corrected chi connectivity index (χ0v) is 10.8. The van der Waals surface area contributed by atoms with Crippen LogP contribution in [0.1, 0.15) is 12.5 Å². The van der Waals surface area contributed by atoms with E-state index in [4.69, 9.17) is 0 Å². The van der Waals surface area contributed by atoms with Crippen molar-refractivity contribution in [3.8, 4) is 0 Å². The molecule has 1 unspecified atom stereocenters. The average molecular weight is 274 g/mol. The third kappa shape index (κ3) is 4.30. The number of benzene rings is 1. The molecule has 8 heteroatoms. The van der Waals surface area contributed by atoms with Crippen LogP contribution in [0.2, 0.25) is 0 Å². The van der Waals surface area contributed by atoms with Crippen LogP contribution in [0.3, 0.4) is 0 Å². The predicted octanol–water partition coefficient (Wildman–Crippen LogP) is 0.870. The monoisotopic (exact) mass is 274 g/mol. The Kier molecular flexibility index (Phi) is 4.62. The molecule has 7 nitrogen and oxygen atoms in total. The van der Waals surface area contributed by atoms with Crippen LogP contribution in [0.5, 0.6) is 0 Å². The first-order valence-corrected chi connectivity index (χ1v) is 6.67. The van der Waals surface area contributed by atoms with Gasteiger partial charge in [0.15, 0.2) is 0 Å². The summed E-state index contributed by atoms with van der Waals surface area (Å²) < 4.78 is 25.8. The van der Waals surface area contributed by atoms with Crippen molar-refractivity contribution in [1.82, 2.24) is 4.72 Å². The lowest BCUT2D eigenvalue weighted by molar-refractivity contribution is -0.767. The highest BCUT2D eigenvalue weighted by Crippen LogP contribution is 2.09. The number of nitrogens with one attached hydrogen (secondary N) is 1. The molecular weight excluding hydrogens is 260 g/mol. The second-order valence-electron chi connectivity index (χ2n) is 3.80. The van der Waals surface area contributed by atoms with Gasteiger partial charge in [-0.1, -0.05) is 17.7 Å². The summed E-state index contributed by atoms with van der Waals surface area (Å²) in [5.41, 5.74) is 0.944. The molecule has 0 spiro atoms. The number of hydrogen-bond donors (Lipinski definition) is 1. The smallest absolute Gasteiger partial charge is 0.294 e. The largest absolute Gasteiger partial charge is 0.310 e. The van der Waals surface area contributed by atoms with Gasteiger partial charge >= 0.3 is 0 Å². The lowest BCUT2D eigenvalue weighted by Crippen LogP contribution is -2.33. The molecule has 0 amide bonds. The summed E-state index contributed by atoms with van der Waals surface area (Å²) in [6.45, 7) is 3.08. The fraction of sp³-hybridized carbons (Fsp3) is 0.400. The van der Waals surface area contributed by atoms with Gasteiger partial charge in [0, 0.05) is 6.54 Å². The summed E-state index contributed by atoms with van der Waals surface area (Å²) in [6, 6.07) is 6.28. The van der Waals surface area contributed by atoms with Crippen LogP contribution in [0, 0.1) is 17.0 Å². The van der Waals surface area contributed by atoms with E-state index in [1.54, 1.807) is 12.1 Å². The van der Waals surface area contributed by atoms with Crippen LogP contribution in [0.25, 0.3) is 0 Å². The van der Waals surface area contributed by atoms with Crippen molar-refractivity contribution in [2.75, 3.05) is 6.54 Å². The standard InChI is InChI=1S/C10H14N2O5S/c1-8-3-5-10(6-4-8)18(15,16)11-7-9(2)17-12(13)14/h3-6,9,11H,7H2,1-2H3. The maximum absolute atomic E-state index is 11.8. The minimum Gasteiger partial charge on any atom is -0.310 e.